The lowest BCUT2D eigenvalue weighted by Gasteiger charge is -2.17. The van der Waals surface area contributed by atoms with Crippen molar-refractivity contribution in [3.8, 4) is 0 Å². The Labute approximate surface area is 99.3 Å². The molecule has 0 aliphatic heterocycles. The van der Waals surface area contributed by atoms with Gasteiger partial charge in [0.1, 0.15) is 0 Å². The third-order valence-electron chi connectivity index (χ3n) is 2.69. The van der Waals surface area contributed by atoms with Gasteiger partial charge in [-0.2, -0.15) is 0 Å². The molecule has 16 heavy (non-hydrogen) atoms. The molecule has 1 unspecified atom stereocenters. The fourth-order valence-corrected chi connectivity index (χ4v) is 2.79. The standard InChI is InChI=1S/C12H15N3S/c1-8-5-7-16-12(8)11(15-13)10-4-3-6-14-9(10)2/h3-7,11,15H,13H2,1-2H3. The van der Waals surface area contributed by atoms with Gasteiger partial charge < -0.3 is 0 Å². The second kappa shape index (κ2) is 4.74. The maximum atomic E-state index is 5.66. The highest BCUT2D eigenvalue weighted by atomic mass is 32.1. The van der Waals surface area contributed by atoms with E-state index in [1.54, 1.807) is 17.5 Å². The summed E-state index contributed by atoms with van der Waals surface area (Å²) < 4.78 is 0. The van der Waals surface area contributed by atoms with Gasteiger partial charge in [0.15, 0.2) is 0 Å². The molecular weight excluding hydrogens is 218 g/mol. The number of nitrogens with two attached hydrogens (primary N) is 1. The summed E-state index contributed by atoms with van der Waals surface area (Å²) in [4.78, 5) is 5.55. The zero-order valence-electron chi connectivity index (χ0n) is 9.40. The fraction of sp³-hybridized carbons (Fsp3) is 0.250. The predicted octanol–water partition coefficient (Wildman–Crippen LogP) is 2.31. The van der Waals surface area contributed by atoms with E-state index in [0.717, 1.165) is 11.3 Å². The molecule has 1 atom stereocenters. The van der Waals surface area contributed by atoms with Crippen molar-refractivity contribution in [3.05, 3.63) is 51.5 Å². The average molecular weight is 233 g/mol. The minimum atomic E-state index is 0.0358. The third kappa shape index (κ3) is 2.00. The molecule has 2 heterocycles. The van der Waals surface area contributed by atoms with Crippen molar-refractivity contribution >= 4 is 11.3 Å². The Morgan fingerprint density at radius 1 is 1.38 bits per heavy atom. The first-order valence-electron chi connectivity index (χ1n) is 5.15. The molecule has 0 amide bonds. The summed E-state index contributed by atoms with van der Waals surface area (Å²) in [6.45, 7) is 4.10. The van der Waals surface area contributed by atoms with Crippen LogP contribution in [0.1, 0.15) is 27.7 Å². The number of nitrogens with zero attached hydrogens (tertiary/aromatic N) is 1. The molecule has 2 rings (SSSR count). The van der Waals surface area contributed by atoms with E-state index in [-0.39, 0.29) is 6.04 Å². The van der Waals surface area contributed by atoms with Crippen molar-refractivity contribution in [2.24, 2.45) is 5.84 Å². The van der Waals surface area contributed by atoms with E-state index in [2.05, 4.69) is 34.8 Å². The first-order chi connectivity index (χ1) is 7.74. The van der Waals surface area contributed by atoms with E-state index in [9.17, 15) is 0 Å². The summed E-state index contributed by atoms with van der Waals surface area (Å²) >= 11 is 1.72. The number of thiophene rings is 1. The van der Waals surface area contributed by atoms with Gasteiger partial charge in [-0.15, -0.1) is 11.3 Å². The Kier molecular flexibility index (Phi) is 3.33. The summed E-state index contributed by atoms with van der Waals surface area (Å²) in [6.07, 6.45) is 1.80. The van der Waals surface area contributed by atoms with Crippen molar-refractivity contribution in [1.29, 1.82) is 0 Å². The molecule has 0 fully saturated rings. The van der Waals surface area contributed by atoms with Crippen LogP contribution in [0.5, 0.6) is 0 Å². The highest BCUT2D eigenvalue weighted by Gasteiger charge is 2.17. The highest BCUT2D eigenvalue weighted by Crippen LogP contribution is 2.29. The van der Waals surface area contributed by atoms with Crippen LogP contribution in [0, 0.1) is 13.8 Å². The summed E-state index contributed by atoms with van der Waals surface area (Å²) in [5.41, 5.74) is 6.28. The number of aromatic nitrogens is 1. The topological polar surface area (TPSA) is 50.9 Å². The first-order valence-corrected chi connectivity index (χ1v) is 6.03. The molecule has 0 bridgehead atoms. The van der Waals surface area contributed by atoms with Crippen molar-refractivity contribution in [2.45, 2.75) is 19.9 Å². The van der Waals surface area contributed by atoms with Gasteiger partial charge in [-0.3, -0.25) is 10.8 Å². The Balaban J connectivity index is 2.45. The number of hydrogen-bond donors (Lipinski definition) is 2. The van der Waals surface area contributed by atoms with E-state index >= 15 is 0 Å². The predicted molar refractivity (Wildman–Crippen MR) is 67.2 cm³/mol. The normalized spacial score (nSPS) is 12.7. The number of pyridine rings is 1. The lowest BCUT2D eigenvalue weighted by molar-refractivity contribution is 0.637. The second-order valence-corrected chi connectivity index (χ2v) is 4.69. The van der Waals surface area contributed by atoms with Crippen LogP contribution in [-0.2, 0) is 0 Å². The molecule has 0 aromatic carbocycles. The first kappa shape index (κ1) is 11.3. The van der Waals surface area contributed by atoms with Crippen LogP contribution in [-0.4, -0.2) is 4.98 Å². The number of aryl methyl sites for hydroxylation is 2. The molecule has 4 heteroatoms. The molecule has 0 saturated carbocycles. The Morgan fingerprint density at radius 3 is 2.75 bits per heavy atom. The molecule has 3 N–H and O–H groups in total. The lowest BCUT2D eigenvalue weighted by Crippen LogP contribution is -2.29. The van der Waals surface area contributed by atoms with Crippen molar-refractivity contribution in [3.63, 3.8) is 0 Å². The van der Waals surface area contributed by atoms with Gasteiger partial charge in [-0.05, 0) is 42.5 Å². The van der Waals surface area contributed by atoms with Crippen LogP contribution >= 0.6 is 11.3 Å². The molecule has 0 saturated heterocycles. The summed E-state index contributed by atoms with van der Waals surface area (Å²) in [6, 6.07) is 6.14. The molecule has 0 spiro atoms. The molecule has 84 valence electrons. The van der Waals surface area contributed by atoms with Gasteiger partial charge in [0.05, 0.1) is 6.04 Å². The molecule has 2 aromatic rings. The lowest BCUT2D eigenvalue weighted by atomic mass is 10.0. The minimum absolute atomic E-state index is 0.0358. The van der Waals surface area contributed by atoms with Crippen molar-refractivity contribution in [2.75, 3.05) is 0 Å². The quantitative estimate of drug-likeness (QED) is 0.632. The summed E-state index contributed by atoms with van der Waals surface area (Å²) in [5.74, 6) is 5.66. The zero-order valence-corrected chi connectivity index (χ0v) is 10.2. The van der Waals surface area contributed by atoms with Crippen LogP contribution in [0.4, 0.5) is 0 Å². The molecule has 0 radical (unpaired) electrons. The molecule has 2 aromatic heterocycles. The van der Waals surface area contributed by atoms with Gasteiger partial charge in [0.25, 0.3) is 0 Å². The third-order valence-corrected chi connectivity index (χ3v) is 3.77. The smallest absolute Gasteiger partial charge is 0.0822 e. The Hall–Kier alpha value is -1.23. The number of hydrazine groups is 1. The van der Waals surface area contributed by atoms with Gasteiger partial charge in [0.2, 0.25) is 0 Å². The van der Waals surface area contributed by atoms with E-state index in [4.69, 9.17) is 5.84 Å². The van der Waals surface area contributed by atoms with Gasteiger partial charge in [0, 0.05) is 16.8 Å². The minimum Gasteiger partial charge on any atom is -0.271 e. The number of rotatable bonds is 3. The second-order valence-electron chi connectivity index (χ2n) is 3.75. The number of nitrogens with one attached hydrogen (secondary N) is 1. The average Bonchev–Trinajstić information content (AvgIpc) is 2.69. The van der Waals surface area contributed by atoms with Crippen LogP contribution in [0.3, 0.4) is 0 Å². The maximum absolute atomic E-state index is 5.66. The van der Waals surface area contributed by atoms with Gasteiger partial charge in [-0.1, -0.05) is 6.07 Å². The molecule has 3 nitrogen and oxygen atoms in total. The van der Waals surface area contributed by atoms with Crippen LogP contribution in [0.15, 0.2) is 29.8 Å². The monoisotopic (exact) mass is 233 g/mol. The zero-order chi connectivity index (χ0) is 11.5. The Morgan fingerprint density at radius 2 is 2.19 bits per heavy atom. The van der Waals surface area contributed by atoms with Crippen molar-refractivity contribution in [1.82, 2.24) is 10.4 Å². The molecule has 0 aliphatic rings. The maximum Gasteiger partial charge on any atom is 0.0822 e. The molecule has 0 aliphatic carbocycles. The summed E-state index contributed by atoms with van der Waals surface area (Å²) in [7, 11) is 0. The van der Waals surface area contributed by atoms with Crippen LogP contribution < -0.4 is 11.3 Å². The summed E-state index contributed by atoms with van der Waals surface area (Å²) in [5, 5.41) is 2.08. The largest absolute Gasteiger partial charge is 0.271 e. The van der Waals surface area contributed by atoms with Crippen LogP contribution in [0.25, 0.3) is 0 Å². The van der Waals surface area contributed by atoms with E-state index in [1.165, 1.54) is 10.4 Å². The van der Waals surface area contributed by atoms with E-state index in [0.29, 0.717) is 0 Å². The molecular formula is C12H15N3S. The highest BCUT2D eigenvalue weighted by molar-refractivity contribution is 7.10. The van der Waals surface area contributed by atoms with Crippen LogP contribution in [0.2, 0.25) is 0 Å². The fourth-order valence-electron chi connectivity index (χ4n) is 1.79. The SMILES string of the molecule is Cc1ccsc1C(NN)c1cccnc1C. The van der Waals surface area contributed by atoms with Gasteiger partial charge >= 0.3 is 0 Å². The van der Waals surface area contributed by atoms with Gasteiger partial charge in [-0.25, -0.2) is 5.43 Å². The number of hydrogen-bond acceptors (Lipinski definition) is 4. The Bertz CT molecular complexity index is 479. The van der Waals surface area contributed by atoms with Crippen molar-refractivity contribution < 1.29 is 0 Å². The van der Waals surface area contributed by atoms with E-state index in [1.807, 2.05) is 13.0 Å². The van der Waals surface area contributed by atoms with E-state index < -0.39 is 0 Å².